The predicted molar refractivity (Wildman–Crippen MR) is 98.9 cm³/mol. The van der Waals surface area contributed by atoms with Crippen LogP contribution in [0.1, 0.15) is 23.9 Å². The average Bonchev–Trinajstić information content (AvgIpc) is 3.27. The SMILES string of the molecule is CCn1cc(CN2CCN(C(=O)/C=C/c3ccc([N+](=O)[O-])o3)CC2)c(C)n1. The third-order valence-corrected chi connectivity index (χ3v) is 4.63. The first-order valence-electron chi connectivity index (χ1n) is 8.92. The Bertz CT molecular complexity index is 846. The Morgan fingerprint density at radius 2 is 2.07 bits per heavy atom. The number of carbonyl (C=O) groups is 1. The Balaban J connectivity index is 1.50. The molecule has 0 saturated carbocycles. The van der Waals surface area contributed by atoms with Gasteiger partial charge < -0.3 is 9.32 Å². The lowest BCUT2D eigenvalue weighted by Gasteiger charge is -2.34. The van der Waals surface area contributed by atoms with Crippen LogP contribution >= 0.6 is 0 Å². The molecule has 9 heteroatoms. The molecule has 1 fully saturated rings. The van der Waals surface area contributed by atoms with E-state index >= 15 is 0 Å². The molecule has 1 aliphatic rings. The largest absolute Gasteiger partial charge is 0.433 e. The molecule has 2 aromatic rings. The van der Waals surface area contributed by atoms with Crippen molar-refractivity contribution in [2.45, 2.75) is 26.9 Å². The Labute approximate surface area is 157 Å². The molecule has 3 heterocycles. The molecule has 0 radical (unpaired) electrons. The maximum absolute atomic E-state index is 12.3. The number of nitro groups is 1. The third-order valence-electron chi connectivity index (χ3n) is 4.63. The monoisotopic (exact) mass is 373 g/mol. The van der Waals surface area contributed by atoms with Gasteiger partial charge in [0.15, 0.2) is 0 Å². The van der Waals surface area contributed by atoms with Crippen LogP contribution in [0.3, 0.4) is 0 Å². The highest BCUT2D eigenvalue weighted by atomic mass is 16.6. The molecular weight excluding hydrogens is 350 g/mol. The summed E-state index contributed by atoms with van der Waals surface area (Å²) in [6.07, 6.45) is 4.94. The second kappa shape index (κ2) is 8.17. The normalized spacial score (nSPS) is 15.6. The molecule has 0 aliphatic carbocycles. The number of nitrogens with zero attached hydrogens (tertiary/aromatic N) is 5. The van der Waals surface area contributed by atoms with Gasteiger partial charge in [-0.1, -0.05) is 0 Å². The van der Waals surface area contributed by atoms with E-state index in [9.17, 15) is 14.9 Å². The molecular formula is C18H23N5O4. The van der Waals surface area contributed by atoms with Crippen LogP contribution in [0.25, 0.3) is 6.08 Å². The molecule has 0 aromatic carbocycles. The first-order valence-corrected chi connectivity index (χ1v) is 8.92. The van der Waals surface area contributed by atoms with E-state index in [1.54, 1.807) is 4.90 Å². The number of carbonyl (C=O) groups excluding carboxylic acids is 1. The number of aryl methyl sites for hydroxylation is 2. The van der Waals surface area contributed by atoms with E-state index in [1.807, 2.05) is 11.6 Å². The Kier molecular flexibility index (Phi) is 5.70. The summed E-state index contributed by atoms with van der Waals surface area (Å²) in [6, 6.07) is 2.74. The van der Waals surface area contributed by atoms with E-state index in [-0.39, 0.29) is 17.6 Å². The summed E-state index contributed by atoms with van der Waals surface area (Å²) in [5.41, 5.74) is 2.27. The van der Waals surface area contributed by atoms with Gasteiger partial charge in [-0.25, -0.2) is 0 Å². The van der Waals surface area contributed by atoms with Gasteiger partial charge in [0, 0.05) is 57.1 Å². The Morgan fingerprint density at radius 3 is 2.67 bits per heavy atom. The molecule has 0 N–H and O–H groups in total. The summed E-state index contributed by atoms with van der Waals surface area (Å²) in [5, 5.41) is 15.1. The zero-order chi connectivity index (χ0) is 19.4. The summed E-state index contributed by atoms with van der Waals surface area (Å²) < 4.78 is 6.95. The summed E-state index contributed by atoms with van der Waals surface area (Å²) in [5.74, 6) is -0.168. The minimum Gasteiger partial charge on any atom is -0.401 e. The summed E-state index contributed by atoms with van der Waals surface area (Å²) >= 11 is 0. The number of rotatable bonds is 6. The minimum atomic E-state index is -0.607. The maximum atomic E-state index is 12.3. The molecule has 0 bridgehead atoms. The van der Waals surface area contributed by atoms with Crippen LogP contribution in [-0.2, 0) is 17.9 Å². The lowest BCUT2D eigenvalue weighted by atomic mass is 10.2. The summed E-state index contributed by atoms with van der Waals surface area (Å²) in [6.45, 7) is 8.64. The van der Waals surface area contributed by atoms with Gasteiger partial charge >= 0.3 is 5.88 Å². The van der Waals surface area contributed by atoms with Crippen molar-refractivity contribution in [1.82, 2.24) is 19.6 Å². The number of piperazine rings is 1. The van der Waals surface area contributed by atoms with Crippen LogP contribution < -0.4 is 0 Å². The fraction of sp³-hybridized carbons (Fsp3) is 0.444. The minimum absolute atomic E-state index is 0.122. The first kappa shape index (κ1) is 18.8. The fourth-order valence-corrected chi connectivity index (χ4v) is 3.03. The van der Waals surface area contributed by atoms with Crippen molar-refractivity contribution < 1.29 is 14.1 Å². The molecule has 0 spiro atoms. The Hall–Kier alpha value is -2.94. The average molecular weight is 373 g/mol. The molecule has 0 atom stereocenters. The van der Waals surface area contributed by atoms with Gasteiger partial charge in [0.05, 0.1) is 11.8 Å². The number of aromatic nitrogens is 2. The van der Waals surface area contributed by atoms with Crippen molar-refractivity contribution >= 4 is 17.9 Å². The van der Waals surface area contributed by atoms with Gasteiger partial charge in [-0.3, -0.25) is 24.5 Å². The standard InChI is InChI=1S/C18H23N5O4/c1-3-22-13-15(14(2)19-22)12-20-8-10-21(11-9-20)17(24)6-4-16-5-7-18(27-16)23(25)26/h4-7,13H,3,8-12H2,1-2H3/b6-4+. The van der Waals surface area contributed by atoms with E-state index in [0.29, 0.717) is 13.1 Å². The van der Waals surface area contributed by atoms with Gasteiger partial charge in [-0.2, -0.15) is 5.10 Å². The lowest BCUT2D eigenvalue weighted by Crippen LogP contribution is -2.47. The van der Waals surface area contributed by atoms with Gasteiger partial charge in [-0.05, 0) is 26.0 Å². The van der Waals surface area contributed by atoms with Crippen LogP contribution in [-0.4, -0.2) is 56.6 Å². The first-order chi connectivity index (χ1) is 13.0. The van der Waals surface area contributed by atoms with Crippen molar-refractivity contribution in [2.75, 3.05) is 26.2 Å². The van der Waals surface area contributed by atoms with Crippen LogP contribution in [0.2, 0.25) is 0 Å². The molecule has 1 aliphatic heterocycles. The van der Waals surface area contributed by atoms with Crippen molar-refractivity contribution in [3.8, 4) is 0 Å². The number of amides is 1. The summed E-state index contributed by atoms with van der Waals surface area (Å²) in [7, 11) is 0. The number of hydrogen-bond donors (Lipinski definition) is 0. The zero-order valence-corrected chi connectivity index (χ0v) is 15.5. The van der Waals surface area contributed by atoms with Gasteiger partial charge in [-0.15, -0.1) is 0 Å². The molecule has 1 amide bonds. The molecule has 0 unspecified atom stereocenters. The summed E-state index contributed by atoms with van der Waals surface area (Å²) in [4.78, 5) is 26.4. The molecule has 1 saturated heterocycles. The van der Waals surface area contributed by atoms with Gasteiger partial charge in [0.25, 0.3) is 0 Å². The van der Waals surface area contributed by atoms with Gasteiger partial charge in [0.2, 0.25) is 5.91 Å². The zero-order valence-electron chi connectivity index (χ0n) is 15.5. The number of furan rings is 1. The second-order valence-electron chi connectivity index (χ2n) is 6.46. The van der Waals surface area contributed by atoms with Crippen molar-refractivity contribution in [3.63, 3.8) is 0 Å². The predicted octanol–water partition coefficient (Wildman–Crippen LogP) is 2.07. The maximum Gasteiger partial charge on any atom is 0.433 e. The van der Waals surface area contributed by atoms with Crippen molar-refractivity contribution in [1.29, 1.82) is 0 Å². The van der Waals surface area contributed by atoms with E-state index in [2.05, 4.69) is 23.1 Å². The Morgan fingerprint density at radius 1 is 1.33 bits per heavy atom. The molecule has 2 aromatic heterocycles. The van der Waals surface area contributed by atoms with Gasteiger partial charge in [0.1, 0.15) is 10.7 Å². The van der Waals surface area contributed by atoms with Crippen LogP contribution in [0, 0.1) is 17.0 Å². The molecule has 27 heavy (non-hydrogen) atoms. The fourth-order valence-electron chi connectivity index (χ4n) is 3.03. The van der Waals surface area contributed by atoms with Crippen LogP contribution in [0.15, 0.2) is 28.8 Å². The molecule has 3 rings (SSSR count). The van der Waals surface area contributed by atoms with E-state index < -0.39 is 4.92 Å². The van der Waals surface area contributed by atoms with Crippen molar-refractivity contribution in [2.24, 2.45) is 0 Å². The topological polar surface area (TPSA) is 97.7 Å². The second-order valence-corrected chi connectivity index (χ2v) is 6.46. The van der Waals surface area contributed by atoms with Crippen LogP contribution in [0.5, 0.6) is 0 Å². The van der Waals surface area contributed by atoms with Crippen LogP contribution in [0.4, 0.5) is 5.88 Å². The quantitative estimate of drug-likeness (QED) is 0.437. The number of hydrogen-bond acceptors (Lipinski definition) is 6. The smallest absolute Gasteiger partial charge is 0.401 e. The highest BCUT2D eigenvalue weighted by Crippen LogP contribution is 2.17. The molecule has 144 valence electrons. The van der Waals surface area contributed by atoms with E-state index in [0.717, 1.165) is 31.9 Å². The highest BCUT2D eigenvalue weighted by molar-refractivity contribution is 5.91. The highest BCUT2D eigenvalue weighted by Gasteiger charge is 2.21. The van der Waals surface area contributed by atoms with E-state index in [1.165, 1.54) is 29.8 Å². The third kappa shape index (κ3) is 4.62. The van der Waals surface area contributed by atoms with E-state index in [4.69, 9.17) is 4.42 Å². The van der Waals surface area contributed by atoms with Crippen molar-refractivity contribution in [3.05, 3.63) is 51.5 Å². The molecule has 9 nitrogen and oxygen atoms in total. The lowest BCUT2D eigenvalue weighted by molar-refractivity contribution is -0.402.